The molecule has 2 heteroatoms. The number of aromatic nitrogens is 2. The van der Waals surface area contributed by atoms with Gasteiger partial charge in [0.05, 0.1) is 17.7 Å². The zero-order valence-corrected chi connectivity index (χ0v) is 8.76. The van der Waals surface area contributed by atoms with E-state index in [1.165, 1.54) is 5.57 Å². The third kappa shape index (κ3) is 2.08. The number of aryl methyl sites for hydroxylation is 2. The van der Waals surface area contributed by atoms with E-state index in [1.807, 2.05) is 31.8 Å². The Morgan fingerprint density at radius 3 is 2.54 bits per heavy atom. The molecule has 0 N–H and O–H groups in total. The van der Waals surface area contributed by atoms with Crippen LogP contribution in [0.5, 0.6) is 0 Å². The van der Waals surface area contributed by atoms with Crippen LogP contribution in [0.15, 0.2) is 24.1 Å². The minimum Gasteiger partial charge on any atom is -0.334 e. The summed E-state index contributed by atoms with van der Waals surface area (Å²) in [4.78, 5) is 4.22. The van der Waals surface area contributed by atoms with Crippen molar-refractivity contribution in [3.8, 4) is 0 Å². The van der Waals surface area contributed by atoms with Crippen LogP contribution in [0.1, 0.15) is 25.2 Å². The summed E-state index contributed by atoms with van der Waals surface area (Å²) in [5, 5.41) is 0. The molecule has 0 saturated carbocycles. The quantitative estimate of drug-likeness (QED) is 0.633. The van der Waals surface area contributed by atoms with Crippen LogP contribution < -0.4 is 0 Å². The molecule has 0 bridgehead atoms. The molecular formula is C11H16N2. The zero-order valence-electron chi connectivity index (χ0n) is 8.76. The second kappa shape index (κ2) is 3.60. The Bertz CT molecular complexity index is 337. The lowest BCUT2D eigenvalue weighted by molar-refractivity contribution is 0.900. The summed E-state index contributed by atoms with van der Waals surface area (Å²) in [6.07, 6.45) is 3.94. The van der Waals surface area contributed by atoms with Gasteiger partial charge in [0.1, 0.15) is 0 Å². The van der Waals surface area contributed by atoms with Crippen molar-refractivity contribution >= 4 is 6.08 Å². The van der Waals surface area contributed by atoms with Gasteiger partial charge in [-0.05, 0) is 32.4 Å². The van der Waals surface area contributed by atoms with Crippen LogP contribution in [0.4, 0.5) is 0 Å². The molecule has 0 aromatic carbocycles. The van der Waals surface area contributed by atoms with E-state index in [9.17, 15) is 0 Å². The fourth-order valence-electron chi connectivity index (χ4n) is 1.09. The van der Waals surface area contributed by atoms with Crippen LogP contribution in [0.2, 0.25) is 0 Å². The Balaban J connectivity index is 3.10. The molecule has 13 heavy (non-hydrogen) atoms. The van der Waals surface area contributed by atoms with E-state index < -0.39 is 0 Å². The van der Waals surface area contributed by atoms with Gasteiger partial charge in [0.15, 0.2) is 0 Å². The highest BCUT2D eigenvalue weighted by Gasteiger charge is 2.01. The molecule has 0 spiro atoms. The van der Waals surface area contributed by atoms with Crippen LogP contribution in [-0.2, 0) is 7.05 Å². The van der Waals surface area contributed by atoms with Gasteiger partial charge in [0, 0.05) is 7.05 Å². The Kier molecular flexibility index (Phi) is 2.71. The smallest absolute Gasteiger partial charge is 0.0951 e. The number of hydrogen-bond donors (Lipinski definition) is 0. The van der Waals surface area contributed by atoms with Crippen LogP contribution >= 0.6 is 0 Å². The van der Waals surface area contributed by atoms with Crippen molar-refractivity contribution in [3.05, 3.63) is 35.4 Å². The normalized spacial score (nSPS) is 11.8. The molecular weight excluding hydrogens is 160 g/mol. The first-order valence-electron chi connectivity index (χ1n) is 4.34. The summed E-state index contributed by atoms with van der Waals surface area (Å²) in [7, 11) is 2.00. The summed E-state index contributed by atoms with van der Waals surface area (Å²) in [6.45, 7) is 9.98. The van der Waals surface area contributed by atoms with Gasteiger partial charge in [-0.2, -0.15) is 0 Å². The van der Waals surface area contributed by atoms with E-state index in [-0.39, 0.29) is 0 Å². The van der Waals surface area contributed by atoms with Crippen molar-refractivity contribution in [1.82, 2.24) is 9.55 Å². The minimum absolute atomic E-state index is 1.06. The summed E-state index contributed by atoms with van der Waals surface area (Å²) in [5.41, 5.74) is 4.51. The lowest BCUT2D eigenvalue weighted by Gasteiger charge is -2.01. The van der Waals surface area contributed by atoms with E-state index in [4.69, 9.17) is 0 Å². The van der Waals surface area contributed by atoms with Crippen molar-refractivity contribution in [3.63, 3.8) is 0 Å². The van der Waals surface area contributed by atoms with Gasteiger partial charge in [0.2, 0.25) is 0 Å². The Morgan fingerprint density at radius 1 is 1.54 bits per heavy atom. The van der Waals surface area contributed by atoms with Crippen molar-refractivity contribution < 1.29 is 0 Å². The second-order valence-corrected chi connectivity index (χ2v) is 3.43. The van der Waals surface area contributed by atoms with Gasteiger partial charge in [-0.1, -0.05) is 12.2 Å². The van der Waals surface area contributed by atoms with Gasteiger partial charge < -0.3 is 4.57 Å². The van der Waals surface area contributed by atoms with E-state index in [1.54, 1.807) is 0 Å². The van der Waals surface area contributed by atoms with Crippen LogP contribution in [0.3, 0.4) is 0 Å². The maximum atomic E-state index is 4.22. The monoisotopic (exact) mass is 176 g/mol. The molecule has 0 aliphatic heterocycles. The maximum absolute atomic E-state index is 4.22. The van der Waals surface area contributed by atoms with Crippen LogP contribution in [0, 0.1) is 6.92 Å². The fourth-order valence-corrected chi connectivity index (χ4v) is 1.09. The maximum Gasteiger partial charge on any atom is 0.0951 e. The first-order valence-corrected chi connectivity index (χ1v) is 4.34. The molecule has 0 amide bonds. The van der Waals surface area contributed by atoms with Crippen molar-refractivity contribution in [1.29, 1.82) is 0 Å². The first kappa shape index (κ1) is 9.78. The average Bonchev–Trinajstić information content (AvgIpc) is 2.35. The SMILES string of the molecule is C=C(C)/C(C)=C\c1c(C)ncn1C. The number of nitrogens with zero attached hydrogens (tertiary/aromatic N) is 2. The molecule has 0 aliphatic carbocycles. The van der Waals surface area contributed by atoms with E-state index >= 15 is 0 Å². The zero-order chi connectivity index (χ0) is 10.0. The molecule has 0 atom stereocenters. The molecule has 1 rings (SSSR count). The second-order valence-electron chi connectivity index (χ2n) is 3.43. The molecule has 0 aliphatic rings. The largest absolute Gasteiger partial charge is 0.334 e. The number of hydrogen-bond acceptors (Lipinski definition) is 1. The molecule has 0 radical (unpaired) electrons. The molecule has 1 heterocycles. The summed E-state index contributed by atoms with van der Waals surface area (Å²) in [5.74, 6) is 0. The van der Waals surface area contributed by atoms with E-state index in [0.717, 1.165) is 17.0 Å². The molecule has 1 aromatic rings. The molecule has 0 fully saturated rings. The number of allylic oxidation sites excluding steroid dienone is 2. The molecule has 2 nitrogen and oxygen atoms in total. The summed E-state index contributed by atoms with van der Waals surface area (Å²) < 4.78 is 2.02. The minimum atomic E-state index is 1.06. The summed E-state index contributed by atoms with van der Waals surface area (Å²) >= 11 is 0. The van der Waals surface area contributed by atoms with Crippen molar-refractivity contribution in [2.75, 3.05) is 0 Å². The highest BCUT2D eigenvalue weighted by atomic mass is 15.0. The van der Waals surface area contributed by atoms with Crippen LogP contribution in [-0.4, -0.2) is 9.55 Å². The van der Waals surface area contributed by atoms with Crippen molar-refractivity contribution in [2.24, 2.45) is 7.05 Å². The predicted molar refractivity (Wildman–Crippen MR) is 56.4 cm³/mol. The molecule has 0 saturated heterocycles. The molecule has 70 valence electrons. The fraction of sp³-hybridized carbons (Fsp3) is 0.364. The standard InChI is InChI=1S/C11H16N2/c1-8(2)9(3)6-11-10(4)12-7-13(11)5/h6-7H,1H2,2-5H3/b9-6-. The molecule has 1 aromatic heterocycles. The Hall–Kier alpha value is -1.31. The number of rotatable bonds is 2. The van der Waals surface area contributed by atoms with Gasteiger partial charge >= 0.3 is 0 Å². The highest BCUT2D eigenvalue weighted by molar-refractivity contribution is 5.55. The van der Waals surface area contributed by atoms with Crippen molar-refractivity contribution in [2.45, 2.75) is 20.8 Å². The average molecular weight is 176 g/mol. The van der Waals surface area contributed by atoms with E-state index in [2.05, 4.69) is 24.6 Å². The van der Waals surface area contributed by atoms with Crippen LogP contribution in [0.25, 0.3) is 6.08 Å². The molecule has 0 unspecified atom stereocenters. The van der Waals surface area contributed by atoms with Gasteiger partial charge in [0.25, 0.3) is 0 Å². The third-order valence-corrected chi connectivity index (χ3v) is 2.20. The summed E-state index contributed by atoms with van der Waals surface area (Å²) in [6, 6.07) is 0. The predicted octanol–water partition coefficient (Wildman–Crippen LogP) is 2.71. The topological polar surface area (TPSA) is 17.8 Å². The highest BCUT2D eigenvalue weighted by Crippen LogP contribution is 2.14. The van der Waals surface area contributed by atoms with Gasteiger partial charge in [-0.3, -0.25) is 0 Å². The van der Waals surface area contributed by atoms with E-state index in [0.29, 0.717) is 0 Å². The third-order valence-electron chi connectivity index (χ3n) is 2.20. The Morgan fingerprint density at radius 2 is 2.15 bits per heavy atom. The van der Waals surface area contributed by atoms with Gasteiger partial charge in [-0.15, -0.1) is 0 Å². The first-order chi connectivity index (χ1) is 6.02. The lowest BCUT2D eigenvalue weighted by Crippen LogP contribution is -1.90. The lowest BCUT2D eigenvalue weighted by atomic mass is 10.1. The van der Waals surface area contributed by atoms with Gasteiger partial charge in [-0.25, -0.2) is 4.98 Å². The number of imidazole rings is 1. The Labute approximate surface area is 79.6 Å².